The standard InChI is InChI=1S/C36H61N3O26/c1-9(45)37-17-24(52)20(48)12(4-40)58-33(17)64-30-22(50)14(6-42)59-35(26(30)54)62-28-16(8-44)61-34(18(25(28)53)38-10(2)46)65-31-23(51)15(7-43)60-36(27(31)55)63-29-19(39-11(3)47)32(56)57-13(5-41)21(29)49/h12-36,40-44,48-56H,4-8H2,1-3H3,(H,37,45)(H,38,46)(H,39,47)/t12-,13-,14-,15-,16-,17-,18-,19-,20-,21+,22+,23+,24-,25-,26-,27-,28-,29-,30+,31+,32+,33+,34+,35+,36+/m1/s1. The molecular weight excluding hydrogens is 890 g/mol. The fourth-order valence-corrected chi connectivity index (χ4v) is 8.23. The largest absolute Gasteiger partial charge is 0.394 e. The molecular formula is C36H61N3O26. The molecule has 0 unspecified atom stereocenters. The maximum Gasteiger partial charge on any atom is 0.217 e. The van der Waals surface area contributed by atoms with Crippen LogP contribution in [-0.2, 0) is 57.0 Å². The molecule has 5 heterocycles. The van der Waals surface area contributed by atoms with Crippen molar-refractivity contribution >= 4 is 17.7 Å². The van der Waals surface area contributed by atoms with Crippen LogP contribution in [-0.4, -0.2) is 276 Å². The normalized spacial score (nSPS) is 47.1. The molecule has 5 saturated heterocycles. The lowest BCUT2D eigenvalue weighted by atomic mass is 9.94. The van der Waals surface area contributed by atoms with Crippen molar-refractivity contribution in [1.82, 2.24) is 16.0 Å². The highest BCUT2D eigenvalue weighted by Gasteiger charge is 2.57. The Morgan fingerprint density at radius 3 is 1.12 bits per heavy atom. The molecule has 0 saturated carbocycles. The molecule has 3 amide bonds. The Balaban J connectivity index is 1.38. The molecule has 5 aliphatic heterocycles. The predicted molar refractivity (Wildman–Crippen MR) is 201 cm³/mol. The molecule has 65 heavy (non-hydrogen) atoms. The predicted octanol–water partition coefficient (Wildman–Crippen LogP) is -11.5. The van der Waals surface area contributed by atoms with E-state index in [0.29, 0.717) is 0 Å². The zero-order chi connectivity index (χ0) is 48.2. The van der Waals surface area contributed by atoms with Gasteiger partial charge in [0.15, 0.2) is 31.5 Å². The van der Waals surface area contributed by atoms with E-state index in [1.807, 2.05) is 0 Å². The third-order valence-corrected chi connectivity index (χ3v) is 11.5. The van der Waals surface area contributed by atoms with Crippen LogP contribution in [0, 0.1) is 0 Å². The van der Waals surface area contributed by atoms with Crippen molar-refractivity contribution in [1.29, 1.82) is 0 Å². The van der Waals surface area contributed by atoms with Gasteiger partial charge in [-0.25, -0.2) is 0 Å². The monoisotopic (exact) mass is 951 g/mol. The average molecular weight is 952 g/mol. The SMILES string of the molecule is CC(=O)N[C@@H]1[C@@H](O[C@@H]2O[C@H](CO)[C@H](O)[C@H](O[C@@H]3O[C@H](CO)[C@@H](O[C@@H]4O[C@H](CO)[C@H](O)[C@H](O[C@@H]5O[C@H](CO)[C@@H](O)[C@H](O)[C@H]5NC(C)=O)[C@H]4O)[C@H](O)[C@H]3NC(C)=O)[C@H]2O)[C@@H](O)[C@@H](CO)O[C@@H]1O. The van der Waals surface area contributed by atoms with Gasteiger partial charge in [-0.15, -0.1) is 0 Å². The fourth-order valence-electron chi connectivity index (χ4n) is 8.23. The average Bonchev–Trinajstić information content (AvgIpc) is 3.25. The van der Waals surface area contributed by atoms with Gasteiger partial charge in [0.2, 0.25) is 17.7 Å². The molecule has 0 radical (unpaired) electrons. The second kappa shape index (κ2) is 23.2. The van der Waals surface area contributed by atoms with Crippen LogP contribution in [0.4, 0.5) is 0 Å². The summed E-state index contributed by atoms with van der Waals surface area (Å²) in [5, 5.41) is 157. The number of rotatable bonds is 16. The molecule has 29 heteroatoms. The van der Waals surface area contributed by atoms with Crippen LogP contribution in [0.1, 0.15) is 20.8 Å². The zero-order valence-electron chi connectivity index (χ0n) is 35.1. The van der Waals surface area contributed by atoms with Gasteiger partial charge in [-0.3, -0.25) is 14.4 Å². The highest BCUT2D eigenvalue weighted by Crippen LogP contribution is 2.36. The van der Waals surface area contributed by atoms with Crippen molar-refractivity contribution in [2.45, 2.75) is 174 Å². The molecule has 0 aromatic heterocycles. The molecule has 17 N–H and O–H groups in total. The molecule has 5 fully saturated rings. The van der Waals surface area contributed by atoms with Crippen LogP contribution in [0.15, 0.2) is 0 Å². The number of hydrogen-bond acceptors (Lipinski definition) is 26. The lowest BCUT2D eigenvalue weighted by molar-refractivity contribution is -0.381. The number of carbonyl (C=O) groups excluding carboxylic acids is 3. The topological polar surface area (TPSA) is 454 Å². The van der Waals surface area contributed by atoms with E-state index in [0.717, 1.165) is 20.8 Å². The van der Waals surface area contributed by atoms with Crippen LogP contribution in [0.5, 0.6) is 0 Å². The first kappa shape index (κ1) is 53.4. The summed E-state index contributed by atoms with van der Waals surface area (Å²) in [6, 6.07) is -4.83. The van der Waals surface area contributed by atoms with Crippen molar-refractivity contribution in [2.24, 2.45) is 0 Å². The smallest absolute Gasteiger partial charge is 0.217 e. The minimum Gasteiger partial charge on any atom is -0.394 e. The van der Waals surface area contributed by atoms with Crippen LogP contribution in [0.2, 0.25) is 0 Å². The maximum atomic E-state index is 12.5. The van der Waals surface area contributed by atoms with E-state index >= 15 is 0 Å². The summed E-state index contributed by atoms with van der Waals surface area (Å²) in [7, 11) is 0. The van der Waals surface area contributed by atoms with E-state index in [9.17, 15) is 85.9 Å². The van der Waals surface area contributed by atoms with Crippen molar-refractivity contribution in [2.75, 3.05) is 33.0 Å². The van der Waals surface area contributed by atoms with Gasteiger partial charge in [-0.1, -0.05) is 0 Å². The second-order valence-corrected chi connectivity index (χ2v) is 16.2. The van der Waals surface area contributed by atoms with Crippen LogP contribution in [0.3, 0.4) is 0 Å². The van der Waals surface area contributed by atoms with E-state index < -0.39 is 204 Å². The summed E-state index contributed by atoms with van der Waals surface area (Å²) >= 11 is 0. The minimum absolute atomic E-state index is 0.720. The zero-order valence-corrected chi connectivity index (χ0v) is 35.1. The summed E-state index contributed by atoms with van der Waals surface area (Å²) in [5.74, 6) is -2.28. The molecule has 0 aromatic carbocycles. The molecule has 0 spiro atoms. The first-order valence-corrected chi connectivity index (χ1v) is 20.6. The Bertz CT molecular complexity index is 1560. The van der Waals surface area contributed by atoms with Crippen molar-refractivity contribution < 1.29 is 129 Å². The first-order valence-electron chi connectivity index (χ1n) is 20.6. The fraction of sp³-hybridized carbons (Fsp3) is 0.917. The maximum absolute atomic E-state index is 12.5. The number of aliphatic hydroxyl groups is 14. The van der Waals surface area contributed by atoms with E-state index in [-0.39, 0.29) is 0 Å². The molecule has 376 valence electrons. The summed E-state index contributed by atoms with van der Waals surface area (Å²) in [6.07, 6.45) is -40.3. The number of hydrogen-bond donors (Lipinski definition) is 17. The molecule has 29 nitrogen and oxygen atoms in total. The third-order valence-electron chi connectivity index (χ3n) is 11.5. The van der Waals surface area contributed by atoms with Gasteiger partial charge in [0.25, 0.3) is 0 Å². The van der Waals surface area contributed by atoms with E-state index in [1.54, 1.807) is 0 Å². The van der Waals surface area contributed by atoms with Gasteiger partial charge in [0.1, 0.15) is 122 Å². The lowest BCUT2D eigenvalue weighted by Gasteiger charge is -2.50. The molecule has 0 bridgehead atoms. The highest BCUT2D eigenvalue weighted by molar-refractivity contribution is 5.74. The summed E-state index contributed by atoms with van der Waals surface area (Å²) in [5.41, 5.74) is 0. The first-order chi connectivity index (χ1) is 30.7. The lowest BCUT2D eigenvalue weighted by Crippen LogP contribution is -2.70. The van der Waals surface area contributed by atoms with Gasteiger partial charge in [-0.05, 0) is 0 Å². The van der Waals surface area contributed by atoms with Gasteiger partial charge in [0.05, 0.1) is 33.0 Å². The number of amides is 3. The summed E-state index contributed by atoms with van der Waals surface area (Å²) in [6.45, 7) is -1.47. The van der Waals surface area contributed by atoms with Gasteiger partial charge >= 0.3 is 0 Å². The molecule has 5 rings (SSSR count). The third kappa shape index (κ3) is 11.9. The van der Waals surface area contributed by atoms with E-state index in [1.165, 1.54) is 0 Å². The van der Waals surface area contributed by atoms with Crippen LogP contribution >= 0.6 is 0 Å². The molecule has 5 aliphatic rings. The number of nitrogens with one attached hydrogen (secondary N) is 3. The minimum atomic E-state index is -2.12. The number of carbonyl (C=O) groups is 3. The molecule has 0 aromatic rings. The molecule has 25 atom stereocenters. The Morgan fingerprint density at radius 1 is 0.369 bits per heavy atom. The Kier molecular flexibility index (Phi) is 19.1. The quantitative estimate of drug-likeness (QED) is 0.0683. The number of aliphatic hydroxyl groups excluding tert-OH is 14. The summed E-state index contributed by atoms with van der Waals surface area (Å²) < 4.78 is 51.2. The van der Waals surface area contributed by atoms with Crippen LogP contribution in [0.25, 0.3) is 0 Å². The van der Waals surface area contributed by atoms with Crippen molar-refractivity contribution in [3.63, 3.8) is 0 Å². The van der Waals surface area contributed by atoms with E-state index in [2.05, 4.69) is 16.0 Å². The Morgan fingerprint density at radius 2 is 0.692 bits per heavy atom. The van der Waals surface area contributed by atoms with Gasteiger partial charge in [0, 0.05) is 20.8 Å². The molecule has 0 aliphatic carbocycles. The van der Waals surface area contributed by atoms with E-state index in [4.69, 9.17) is 42.6 Å². The van der Waals surface area contributed by atoms with Gasteiger partial charge in [-0.2, -0.15) is 0 Å². The Labute approximate surface area is 369 Å². The van der Waals surface area contributed by atoms with Gasteiger partial charge < -0.3 is 130 Å². The van der Waals surface area contributed by atoms with Crippen LogP contribution < -0.4 is 16.0 Å². The summed E-state index contributed by atoms with van der Waals surface area (Å²) in [4.78, 5) is 36.5. The Hall–Kier alpha value is -2.51. The van der Waals surface area contributed by atoms with Crippen molar-refractivity contribution in [3.05, 3.63) is 0 Å². The van der Waals surface area contributed by atoms with Crippen molar-refractivity contribution in [3.8, 4) is 0 Å². The highest BCUT2D eigenvalue weighted by atomic mass is 16.8. The number of ether oxygens (including phenoxy) is 9. The second-order valence-electron chi connectivity index (χ2n) is 16.2.